The average Bonchev–Trinajstić information content (AvgIpc) is 4.08. The van der Waals surface area contributed by atoms with Gasteiger partial charge < -0.3 is 19.3 Å². The number of imidazole rings is 2. The Bertz CT molecular complexity index is 3860. The molecule has 0 spiro atoms. The third kappa shape index (κ3) is 8.61. The van der Waals surface area contributed by atoms with Crippen LogP contribution in [0.1, 0.15) is 38.5 Å². The number of nitrogens with zero attached hydrogens (tertiary/aromatic N) is 8. The van der Waals surface area contributed by atoms with Crippen LogP contribution in [0.4, 0.5) is 11.4 Å². The van der Waals surface area contributed by atoms with Gasteiger partial charge in [0.25, 0.3) is 12.7 Å². The number of rotatable bonds is 11. The minimum atomic E-state index is 0.640. The third-order valence-electron chi connectivity index (χ3n) is 15.0. The molecule has 6 heterocycles. The van der Waals surface area contributed by atoms with Gasteiger partial charge in [-0.1, -0.05) is 109 Å². The van der Waals surface area contributed by atoms with Crippen LogP contribution in [0.2, 0.25) is 0 Å². The van der Waals surface area contributed by atoms with Crippen LogP contribution in [0.3, 0.4) is 0 Å². The number of anilines is 2. The molecule has 2 aliphatic rings. The summed E-state index contributed by atoms with van der Waals surface area (Å²) < 4.78 is 21.9. The average molecular weight is 991 g/mol. The summed E-state index contributed by atoms with van der Waals surface area (Å²) in [5.74, 6) is 2.66. The molecule has 0 radical (unpaired) electrons. The van der Waals surface area contributed by atoms with Crippen LogP contribution < -0.4 is 28.4 Å². The summed E-state index contributed by atoms with van der Waals surface area (Å²) in [5.41, 5.74) is 12.2. The second-order valence-corrected chi connectivity index (χ2v) is 19.9. The lowest BCUT2D eigenvalue weighted by Gasteiger charge is -2.31. The molecule has 76 heavy (non-hydrogen) atoms. The fraction of sp³-hybridized carbons (Fsp3) is 0.152. The van der Waals surface area contributed by atoms with E-state index in [4.69, 9.17) is 19.4 Å². The Morgan fingerprint density at radius 1 is 0.355 bits per heavy atom. The standard InChI is InChI=1S/C66H54N8O2/c1-11-33-69(34-12-1)63-37-47-17-3-5-19-49(47)39-65(63)73-45-71(59-25-7-9-27-61(59)73)51-21-15-23-53(41-51)75-55-29-31-67-57(43-55)58-44-56(30-32-68-58)76-54-24-16-22-52(42-54)72-46-74(62-28-10-8-26-60(62)72)66-40-50-20-6-4-18-48(50)38-64(66)70-35-13-2-14-36-70/h3-10,15-32,37-44H,1-2,11-14,33-36H2. The van der Waals surface area contributed by atoms with Crippen molar-refractivity contribution in [2.75, 3.05) is 36.0 Å². The van der Waals surface area contributed by atoms with Crippen LogP contribution >= 0.6 is 0 Å². The van der Waals surface area contributed by atoms with Crippen molar-refractivity contribution in [2.45, 2.75) is 38.5 Å². The van der Waals surface area contributed by atoms with Crippen molar-refractivity contribution in [1.29, 1.82) is 0 Å². The lowest BCUT2D eigenvalue weighted by Crippen LogP contribution is -2.31. The lowest BCUT2D eigenvalue weighted by atomic mass is 10.0. The number of aromatic nitrogens is 6. The molecule has 10 heteroatoms. The molecule has 0 saturated carbocycles. The molecule has 2 aliphatic heterocycles. The van der Waals surface area contributed by atoms with E-state index in [1.54, 1.807) is 12.4 Å². The van der Waals surface area contributed by atoms with E-state index in [1.165, 1.54) is 71.4 Å². The highest BCUT2D eigenvalue weighted by atomic mass is 16.5. The zero-order valence-electron chi connectivity index (χ0n) is 42.1. The molecule has 4 aromatic heterocycles. The molecule has 2 saturated heterocycles. The molecule has 2 fully saturated rings. The molecule has 14 rings (SSSR count). The maximum absolute atomic E-state index is 6.60. The molecular formula is C66H54N8O2. The maximum atomic E-state index is 6.60. The highest BCUT2D eigenvalue weighted by molar-refractivity contribution is 5.93. The van der Waals surface area contributed by atoms with E-state index in [0.717, 1.165) is 71.0 Å². The Kier molecular flexibility index (Phi) is 11.7. The van der Waals surface area contributed by atoms with Crippen molar-refractivity contribution in [2.24, 2.45) is 0 Å². The summed E-state index contributed by atoms with van der Waals surface area (Å²) >= 11 is 0. The van der Waals surface area contributed by atoms with Crippen molar-refractivity contribution < 1.29 is 18.6 Å². The Morgan fingerprint density at radius 2 is 0.737 bits per heavy atom. The van der Waals surface area contributed by atoms with Gasteiger partial charge in [-0.05, 0) is 133 Å². The van der Waals surface area contributed by atoms with Crippen LogP contribution in [0.5, 0.6) is 23.0 Å². The van der Waals surface area contributed by atoms with E-state index in [2.05, 4.69) is 186 Å². The summed E-state index contributed by atoms with van der Waals surface area (Å²) in [6.07, 6.45) is 18.4. The van der Waals surface area contributed by atoms with Crippen LogP contribution in [0.15, 0.2) is 207 Å². The van der Waals surface area contributed by atoms with Crippen LogP contribution in [0, 0.1) is 12.7 Å². The third-order valence-corrected chi connectivity index (χ3v) is 15.0. The van der Waals surface area contributed by atoms with E-state index in [1.807, 2.05) is 48.5 Å². The summed E-state index contributed by atoms with van der Waals surface area (Å²) in [7, 11) is 0. The predicted octanol–water partition coefficient (Wildman–Crippen LogP) is 14.1. The minimum Gasteiger partial charge on any atom is -0.458 e. The number of pyridine rings is 2. The number of ether oxygens (including phenoxy) is 2. The number of piperidine rings is 2. The van der Waals surface area contributed by atoms with Crippen molar-refractivity contribution in [1.82, 2.24) is 19.1 Å². The Balaban J connectivity index is 0.735. The minimum absolute atomic E-state index is 0.640. The second-order valence-electron chi connectivity index (χ2n) is 19.9. The molecule has 0 N–H and O–H groups in total. The van der Waals surface area contributed by atoms with Gasteiger partial charge in [0.2, 0.25) is 0 Å². The summed E-state index contributed by atoms with van der Waals surface area (Å²) in [6, 6.07) is 67.6. The lowest BCUT2D eigenvalue weighted by molar-refractivity contribution is -0.572. The molecule has 12 aromatic rings. The molecular weight excluding hydrogens is 937 g/mol. The first-order valence-corrected chi connectivity index (χ1v) is 26.6. The zero-order valence-corrected chi connectivity index (χ0v) is 42.1. The van der Waals surface area contributed by atoms with Gasteiger partial charge in [-0.3, -0.25) is 28.2 Å². The van der Waals surface area contributed by atoms with Crippen LogP contribution in [-0.4, -0.2) is 45.3 Å². The SMILES string of the molecule is [c-]1n(-c2cc3ccccc3cc2N2CCCCC2)c2ccccc2[n+]1-c1cccc(Oc2ccnc(-c3cc(Oc4cccc(-[n+]5[c-]n(-c6cc7ccccc7cc6N6CCCCC6)c6ccccc65)c4)ccn3)c2)c1. The van der Waals surface area contributed by atoms with E-state index >= 15 is 0 Å². The predicted molar refractivity (Wildman–Crippen MR) is 302 cm³/mol. The normalized spacial score (nSPS) is 14.0. The zero-order chi connectivity index (χ0) is 50.4. The fourth-order valence-electron chi connectivity index (χ4n) is 11.3. The number of fused-ring (bicyclic) bond motifs is 4. The van der Waals surface area contributed by atoms with Gasteiger partial charge in [0, 0.05) is 50.7 Å². The Morgan fingerprint density at radius 3 is 1.17 bits per heavy atom. The first kappa shape index (κ1) is 45.3. The molecule has 0 bridgehead atoms. The summed E-state index contributed by atoms with van der Waals surface area (Å²) in [5, 5.41) is 4.90. The molecule has 8 aromatic carbocycles. The topological polar surface area (TPSA) is 68.3 Å². The van der Waals surface area contributed by atoms with Gasteiger partial charge in [0.05, 0.1) is 67.6 Å². The monoisotopic (exact) mass is 990 g/mol. The molecule has 370 valence electrons. The number of benzene rings is 8. The summed E-state index contributed by atoms with van der Waals surface area (Å²) in [6.45, 7) is 4.19. The van der Waals surface area contributed by atoms with Crippen LogP contribution in [-0.2, 0) is 0 Å². The first-order valence-electron chi connectivity index (χ1n) is 26.6. The molecule has 10 nitrogen and oxygen atoms in total. The molecule has 0 aliphatic carbocycles. The summed E-state index contributed by atoms with van der Waals surface area (Å²) in [4.78, 5) is 14.5. The first-order chi connectivity index (χ1) is 37.6. The van der Waals surface area contributed by atoms with Crippen molar-refractivity contribution in [3.05, 3.63) is 219 Å². The largest absolute Gasteiger partial charge is 0.458 e. The Labute approximate surface area is 441 Å². The van der Waals surface area contributed by atoms with Gasteiger partial charge in [0.15, 0.2) is 0 Å². The number of hydrogen-bond acceptors (Lipinski definition) is 6. The smallest absolute Gasteiger partial charge is 0.269 e. The van der Waals surface area contributed by atoms with E-state index in [0.29, 0.717) is 34.4 Å². The van der Waals surface area contributed by atoms with Crippen molar-refractivity contribution in [3.63, 3.8) is 0 Å². The molecule has 0 atom stereocenters. The van der Waals surface area contributed by atoms with E-state index < -0.39 is 0 Å². The number of hydrogen-bond donors (Lipinski definition) is 0. The van der Waals surface area contributed by atoms with Crippen LogP contribution in [0.25, 0.3) is 77.7 Å². The molecule has 0 amide bonds. The quantitative estimate of drug-likeness (QED) is 0.0950. The second kappa shape index (κ2) is 19.5. The van der Waals surface area contributed by atoms with Crippen molar-refractivity contribution >= 4 is 55.0 Å². The maximum Gasteiger partial charge on any atom is 0.269 e. The van der Waals surface area contributed by atoms with Crippen molar-refractivity contribution in [3.8, 4) is 57.1 Å². The van der Waals surface area contributed by atoms with Gasteiger partial charge in [-0.25, -0.2) is 0 Å². The van der Waals surface area contributed by atoms with Gasteiger partial charge in [-0.15, -0.1) is 0 Å². The van der Waals surface area contributed by atoms with Gasteiger partial charge in [0.1, 0.15) is 23.0 Å². The fourth-order valence-corrected chi connectivity index (χ4v) is 11.3. The van der Waals surface area contributed by atoms with E-state index in [-0.39, 0.29) is 0 Å². The highest BCUT2D eigenvalue weighted by Crippen LogP contribution is 2.37. The molecule has 0 unspecified atom stereocenters. The van der Waals surface area contributed by atoms with Gasteiger partial charge >= 0.3 is 0 Å². The number of para-hydroxylation sites is 4. The van der Waals surface area contributed by atoms with Gasteiger partial charge in [-0.2, -0.15) is 0 Å². The highest BCUT2D eigenvalue weighted by Gasteiger charge is 2.23. The Hall–Kier alpha value is -9.28. The van der Waals surface area contributed by atoms with E-state index in [9.17, 15) is 0 Å².